The Balaban J connectivity index is 1.32. The van der Waals surface area contributed by atoms with Gasteiger partial charge in [0.05, 0.1) is 35.4 Å². The number of carbonyl (C=O) groups excluding carboxylic acids is 4. The zero-order valence-electron chi connectivity index (χ0n) is 36.0. The van der Waals surface area contributed by atoms with E-state index in [1.165, 1.54) is 14.0 Å². The molecule has 0 bridgehead atoms. The third kappa shape index (κ3) is 8.17. The van der Waals surface area contributed by atoms with Crippen LogP contribution in [0.3, 0.4) is 0 Å². The standard InChI is InChI=1S/C44H64N4O10/c1-12-34-44(8)38(48(42(53)58-44)30-22-47(23-30)21-29-17-18-45-32-16-14-13-15-31(29)32)26(4)35(49)24(2)20-43(7,54-11)39(27(5)36(50)28(6)40(52)56-34)57-41-37(51)33(46(9)10)19-25(3)55-41/h13-18,24-28,30,33-34,37-39,41,51H,12,19-23H2,1-11H3/t24-,25-,26+,27+,28-,33+,34-,37-,38-,39-,41+,43-,44-/m1/s1. The number of para-hydroxylation sites is 1. The molecule has 13 atom stereocenters. The molecular weight excluding hydrogens is 745 g/mol. The maximum Gasteiger partial charge on any atom is 0.411 e. The average Bonchev–Trinajstić information content (AvgIpc) is 3.45. The maximum absolute atomic E-state index is 14.8. The molecule has 14 nitrogen and oxygen atoms in total. The number of aromatic nitrogens is 1. The van der Waals surface area contributed by atoms with Crippen LogP contribution in [0, 0.1) is 23.7 Å². The Morgan fingerprint density at radius 2 is 1.67 bits per heavy atom. The van der Waals surface area contributed by atoms with E-state index in [-0.39, 0.29) is 36.8 Å². The summed E-state index contributed by atoms with van der Waals surface area (Å²) in [6.07, 6.45) is -2.20. The Kier molecular flexibility index (Phi) is 13.1. The second-order valence-electron chi connectivity index (χ2n) is 17.9. The largest absolute Gasteiger partial charge is 0.458 e. The van der Waals surface area contributed by atoms with Gasteiger partial charge in [-0.2, -0.15) is 0 Å². The second-order valence-corrected chi connectivity index (χ2v) is 17.9. The van der Waals surface area contributed by atoms with E-state index in [1.807, 2.05) is 71.0 Å². The van der Waals surface area contributed by atoms with Crippen LogP contribution in [0.1, 0.15) is 80.2 Å². The third-order valence-corrected chi connectivity index (χ3v) is 13.6. The molecule has 4 aliphatic rings. The van der Waals surface area contributed by atoms with Crippen molar-refractivity contribution in [3.8, 4) is 0 Å². The number of pyridine rings is 1. The van der Waals surface area contributed by atoms with Gasteiger partial charge in [0.2, 0.25) is 0 Å². The molecule has 2 aromatic rings. The van der Waals surface area contributed by atoms with E-state index < -0.39 is 83.4 Å². The minimum atomic E-state index is -1.40. The molecular formula is C44H64N4O10. The first-order valence-electron chi connectivity index (χ1n) is 20.9. The van der Waals surface area contributed by atoms with Gasteiger partial charge in [-0.1, -0.05) is 45.9 Å². The van der Waals surface area contributed by atoms with E-state index >= 15 is 0 Å². The van der Waals surface area contributed by atoms with Crippen LogP contribution in [0.25, 0.3) is 10.9 Å². The SMILES string of the molecule is CC[C@H]1OC(=O)[C@H](C)C(=O)[C@H](C)[C@@H](O[C@@H]2O[C@H](C)C[C@H](N(C)C)[C@H]2O)[C@](C)(OC)C[C@@H](C)C(=O)[C@H](C)[C@H]2N(C3CN(Cc4ccnc5ccccc45)C3)C(=O)O[C@]12C. The lowest BCUT2D eigenvalue weighted by Gasteiger charge is -2.48. The lowest BCUT2D eigenvalue weighted by molar-refractivity contribution is -0.295. The number of ether oxygens (including phenoxy) is 5. The summed E-state index contributed by atoms with van der Waals surface area (Å²) in [5.41, 5.74) is -0.625. The molecule has 0 aliphatic carbocycles. The van der Waals surface area contributed by atoms with Gasteiger partial charge in [0.15, 0.2) is 17.7 Å². The van der Waals surface area contributed by atoms with E-state index in [2.05, 4.69) is 16.0 Å². The number of ketones is 2. The van der Waals surface area contributed by atoms with Crippen LogP contribution >= 0.6 is 0 Å². The summed E-state index contributed by atoms with van der Waals surface area (Å²) in [6.45, 7) is 15.8. The highest BCUT2D eigenvalue weighted by atomic mass is 16.7. The number of rotatable bonds is 8. The number of likely N-dealkylation sites (tertiary alicyclic amines) is 1. The van der Waals surface area contributed by atoms with E-state index in [0.717, 1.165) is 16.5 Å². The summed E-state index contributed by atoms with van der Waals surface area (Å²) in [5.74, 6) is -4.92. The van der Waals surface area contributed by atoms with Crippen molar-refractivity contribution in [1.82, 2.24) is 19.7 Å². The number of likely N-dealkylation sites (N-methyl/N-ethyl adjacent to an activating group) is 1. The van der Waals surface area contributed by atoms with E-state index in [1.54, 1.807) is 31.9 Å². The van der Waals surface area contributed by atoms with Crippen LogP contribution < -0.4 is 0 Å². The van der Waals surface area contributed by atoms with Crippen molar-refractivity contribution in [1.29, 1.82) is 0 Å². The van der Waals surface area contributed by atoms with Crippen molar-refractivity contribution in [2.75, 3.05) is 34.3 Å². The fourth-order valence-corrected chi connectivity index (χ4v) is 10.2. The van der Waals surface area contributed by atoms with Crippen LogP contribution in [0.2, 0.25) is 0 Å². The molecule has 0 unspecified atom stereocenters. The van der Waals surface area contributed by atoms with Crippen molar-refractivity contribution < 1.29 is 48.0 Å². The Bertz CT molecular complexity index is 1830. The highest BCUT2D eigenvalue weighted by molar-refractivity contribution is 6.00. The molecule has 0 spiro atoms. The molecule has 14 heteroatoms. The Labute approximate surface area is 342 Å². The predicted molar refractivity (Wildman–Crippen MR) is 215 cm³/mol. The van der Waals surface area contributed by atoms with Crippen LogP contribution in [-0.2, 0) is 44.6 Å². The first-order valence-corrected chi connectivity index (χ1v) is 20.9. The molecule has 4 aliphatic heterocycles. The zero-order chi connectivity index (χ0) is 42.4. The van der Waals surface area contributed by atoms with Gasteiger partial charge in [0.1, 0.15) is 23.9 Å². The number of esters is 1. The minimum absolute atomic E-state index is 0.135. The van der Waals surface area contributed by atoms with Crippen molar-refractivity contribution in [3.63, 3.8) is 0 Å². The van der Waals surface area contributed by atoms with Crippen molar-refractivity contribution in [3.05, 3.63) is 42.1 Å². The number of Topliss-reactive ketones (excluding diaryl/α,β-unsaturated/α-hetero) is 2. The molecule has 4 saturated heterocycles. The molecule has 58 heavy (non-hydrogen) atoms. The highest BCUT2D eigenvalue weighted by Gasteiger charge is 2.62. The molecule has 5 heterocycles. The van der Waals surface area contributed by atoms with Crippen LogP contribution in [0.5, 0.6) is 0 Å². The predicted octanol–water partition coefficient (Wildman–Crippen LogP) is 4.62. The summed E-state index contributed by atoms with van der Waals surface area (Å²) in [7, 11) is 5.26. The fourth-order valence-electron chi connectivity index (χ4n) is 10.2. The quantitative estimate of drug-likeness (QED) is 0.291. The first kappa shape index (κ1) is 44.0. The van der Waals surface area contributed by atoms with Crippen LogP contribution in [0.15, 0.2) is 36.5 Å². The molecule has 4 fully saturated rings. The van der Waals surface area contributed by atoms with Gasteiger partial charge in [-0.3, -0.25) is 29.2 Å². The summed E-state index contributed by atoms with van der Waals surface area (Å²) in [4.78, 5) is 67.7. The molecule has 6 rings (SSSR count). The summed E-state index contributed by atoms with van der Waals surface area (Å²) < 4.78 is 31.4. The Morgan fingerprint density at radius 3 is 2.33 bits per heavy atom. The first-order chi connectivity index (χ1) is 27.3. The molecule has 320 valence electrons. The number of aliphatic hydroxyl groups is 1. The number of amides is 1. The number of carbonyl (C=O) groups is 4. The van der Waals surface area contributed by atoms with Crippen molar-refractivity contribution in [2.24, 2.45) is 23.7 Å². The minimum Gasteiger partial charge on any atom is -0.458 e. The summed E-state index contributed by atoms with van der Waals surface area (Å²) in [5, 5.41) is 12.5. The van der Waals surface area contributed by atoms with Gasteiger partial charge in [-0.15, -0.1) is 0 Å². The molecule has 0 radical (unpaired) electrons. The average molecular weight is 809 g/mol. The number of aliphatic hydroxyl groups excluding tert-OH is 1. The van der Waals surface area contributed by atoms with Crippen molar-refractivity contribution >= 4 is 34.5 Å². The van der Waals surface area contributed by atoms with Crippen LogP contribution in [0.4, 0.5) is 4.79 Å². The topological polar surface area (TPSA) is 157 Å². The highest BCUT2D eigenvalue weighted by Crippen LogP contribution is 2.45. The Morgan fingerprint density at radius 1 is 0.983 bits per heavy atom. The van der Waals surface area contributed by atoms with E-state index in [0.29, 0.717) is 26.1 Å². The molecule has 1 amide bonds. The lowest BCUT2D eigenvalue weighted by atomic mass is 9.73. The van der Waals surface area contributed by atoms with Gasteiger partial charge in [-0.25, -0.2) is 4.79 Å². The van der Waals surface area contributed by atoms with Crippen molar-refractivity contribution in [2.45, 2.75) is 141 Å². The molecule has 1 aromatic carbocycles. The number of nitrogens with zero attached hydrogens (tertiary/aromatic N) is 4. The maximum atomic E-state index is 14.8. The third-order valence-electron chi connectivity index (χ3n) is 13.6. The monoisotopic (exact) mass is 808 g/mol. The number of methoxy groups -OCH3 is 1. The summed E-state index contributed by atoms with van der Waals surface area (Å²) >= 11 is 0. The molecule has 1 aromatic heterocycles. The number of fused-ring (bicyclic) bond motifs is 2. The second kappa shape index (κ2) is 17.2. The normalized spacial score (nSPS) is 38.6. The Hall–Kier alpha value is -3.53. The molecule has 1 N–H and O–H groups in total. The number of hydrogen-bond donors (Lipinski definition) is 1. The number of benzene rings is 1. The lowest BCUT2D eigenvalue weighted by Crippen LogP contribution is -2.65. The van der Waals surface area contributed by atoms with Gasteiger partial charge in [0, 0.05) is 62.1 Å². The van der Waals surface area contributed by atoms with Gasteiger partial charge in [0.25, 0.3) is 0 Å². The van der Waals surface area contributed by atoms with E-state index in [4.69, 9.17) is 23.7 Å². The molecule has 0 saturated carbocycles. The zero-order valence-corrected chi connectivity index (χ0v) is 36.0. The number of hydrogen-bond acceptors (Lipinski definition) is 13. The summed E-state index contributed by atoms with van der Waals surface area (Å²) in [6, 6.07) is 8.68. The van der Waals surface area contributed by atoms with E-state index in [9.17, 15) is 24.3 Å². The number of cyclic esters (lactones) is 1. The fraction of sp³-hybridized carbons (Fsp3) is 0.705. The van der Waals surface area contributed by atoms with Crippen LogP contribution in [-0.4, -0.2) is 143 Å². The van der Waals surface area contributed by atoms with Gasteiger partial charge in [-0.05, 0) is 78.7 Å². The smallest absolute Gasteiger partial charge is 0.411 e. The van der Waals surface area contributed by atoms with Gasteiger partial charge >= 0.3 is 12.1 Å². The van der Waals surface area contributed by atoms with Gasteiger partial charge < -0.3 is 33.7 Å².